The number of hydrogen-bond acceptors (Lipinski definition) is 2. The van der Waals surface area contributed by atoms with Crippen LogP contribution in [0.5, 0.6) is 5.75 Å². The molecule has 98 valence electrons. The number of ether oxygens (including phenoxy) is 1. The predicted molar refractivity (Wildman–Crippen MR) is 77.1 cm³/mol. The summed E-state index contributed by atoms with van der Waals surface area (Å²) in [6.07, 6.45) is 0. The number of carbonyl (C=O) groups excluding carboxylic acids is 1. The highest BCUT2D eigenvalue weighted by Crippen LogP contribution is 2.24. The van der Waals surface area contributed by atoms with Gasteiger partial charge in [-0.3, -0.25) is 4.79 Å². The second-order valence-electron chi connectivity index (χ2n) is 4.12. The molecule has 0 saturated carbocycles. The van der Waals surface area contributed by atoms with Crippen molar-refractivity contribution in [1.82, 2.24) is 0 Å². The van der Waals surface area contributed by atoms with Gasteiger partial charge in [0.2, 0.25) is 0 Å². The Balaban J connectivity index is 2.25. The van der Waals surface area contributed by atoms with E-state index in [4.69, 9.17) is 16.3 Å². The molecule has 0 atom stereocenters. The molecule has 0 heterocycles. The van der Waals surface area contributed by atoms with Crippen LogP contribution in [0.15, 0.2) is 42.5 Å². The Morgan fingerprint density at radius 2 is 1.84 bits per heavy atom. The van der Waals surface area contributed by atoms with Crippen molar-refractivity contribution in [2.75, 3.05) is 12.4 Å². The van der Waals surface area contributed by atoms with E-state index in [-0.39, 0.29) is 5.91 Å². The van der Waals surface area contributed by atoms with Crippen molar-refractivity contribution in [3.05, 3.63) is 58.6 Å². The Hall–Kier alpha value is -2.00. The summed E-state index contributed by atoms with van der Waals surface area (Å²) in [6.45, 7) is 1.90. The summed E-state index contributed by atoms with van der Waals surface area (Å²) >= 11 is 5.80. The van der Waals surface area contributed by atoms with Crippen LogP contribution >= 0.6 is 11.6 Å². The summed E-state index contributed by atoms with van der Waals surface area (Å²) in [5.74, 6) is 0.386. The molecule has 1 amide bonds. The van der Waals surface area contributed by atoms with Crippen molar-refractivity contribution in [2.45, 2.75) is 6.92 Å². The number of methoxy groups -OCH3 is 1. The lowest BCUT2D eigenvalue weighted by molar-refractivity contribution is 0.102. The normalized spacial score (nSPS) is 10.1. The van der Waals surface area contributed by atoms with Crippen LogP contribution in [0, 0.1) is 6.92 Å². The molecule has 3 nitrogen and oxygen atoms in total. The third-order valence-corrected chi connectivity index (χ3v) is 3.01. The quantitative estimate of drug-likeness (QED) is 0.922. The molecule has 0 radical (unpaired) electrons. The van der Waals surface area contributed by atoms with Crippen molar-refractivity contribution in [3.63, 3.8) is 0 Å². The minimum Gasteiger partial charge on any atom is -0.496 e. The Labute approximate surface area is 117 Å². The predicted octanol–water partition coefficient (Wildman–Crippen LogP) is 3.91. The average molecular weight is 276 g/mol. The molecule has 0 aliphatic heterocycles. The molecule has 2 rings (SSSR count). The van der Waals surface area contributed by atoms with Crippen LogP contribution in [0.4, 0.5) is 5.69 Å². The van der Waals surface area contributed by atoms with Crippen LogP contribution in [-0.4, -0.2) is 13.0 Å². The van der Waals surface area contributed by atoms with Crippen LogP contribution in [0.2, 0.25) is 5.02 Å². The molecule has 2 aromatic carbocycles. The molecule has 4 heteroatoms. The summed E-state index contributed by atoms with van der Waals surface area (Å²) in [5, 5.41) is 3.44. The molecule has 0 aromatic heterocycles. The molecule has 0 spiro atoms. The van der Waals surface area contributed by atoms with Gasteiger partial charge in [0.25, 0.3) is 5.91 Å². The van der Waals surface area contributed by atoms with Crippen molar-refractivity contribution in [2.24, 2.45) is 0 Å². The van der Waals surface area contributed by atoms with Crippen molar-refractivity contribution < 1.29 is 9.53 Å². The number of rotatable bonds is 3. The number of halogens is 1. The van der Waals surface area contributed by atoms with Gasteiger partial charge in [-0.15, -0.1) is 0 Å². The lowest BCUT2D eigenvalue weighted by Crippen LogP contribution is -2.13. The minimum absolute atomic E-state index is 0.206. The van der Waals surface area contributed by atoms with Gasteiger partial charge in [-0.25, -0.2) is 0 Å². The summed E-state index contributed by atoms with van der Waals surface area (Å²) in [5.41, 5.74) is 2.13. The molecule has 0 unspecified atom stereocenters. The average Bonchev–Trinajstić information content (AvgIpc) is 2.41. The third kappa shape index (κ3) is 3.06. The highest BCUT2D eigenvalue weighted by atomic mass is 35.5. The van der Waals surface area contributed by atoms with Gasteiger partial charge >= 0.3 is 0 Å². The van der Waals surface area contributed by atoms with Gasteiger partial charge < -0.3 is 10.1 Å². The van der Waals surface area contributed by atoms with Crippen LogP contribution in [0.1, 0.15) is 15.9 Å². The lowest BCUT2D eigenvalue weighted by atomic mass is 10.1. The van der Waals surface area contributed by atoms with Crippen molar-refractivity contribution >= 4 is 23.2 Å². The van der Waals surface area contributed by atoms with Gasteiger partial charge in [0.1, 0.15) is 5.75 Å². The SMILES string of the molecule is COc1c(C)cccc1C(=O)Nc1ccc(Cl)cc1. The van der Waals surface area contributed by atoms with E-state index in [2.05, 4.69) is 5.32 Å². The number of para-hydroxylation sites is 1. The molecule has 0 bridgehead atoms. The van der Waals surface area contributed by atoms with E-state index in [0.717, 1.165) is 5.56 Å². The van der Waals surface area contributed by atoms with Crippen LogP contribution in [0.3, 0.4) is 0 Å². The number of hydrogen-bond donors (Lipinski definition) is 1. The zero-order valence-electron chi connectivity index (χ0n) is 10.7. The molecule has 0 fully saturated rings. The summed E-state index contributed by atoms with van der Waals surface area (Å²) in [7, 11) is 1.56. The lowest BCUT2D eigenvalue weighted by Gasteiger charge is -2.11. The van der Waals surface area contributed by atoms with E-state index in [1.165, 1.54) is 0 Å². The number of amides is 1. The topological polar surface area (TPSA) is 38.3 Å². The van der Waals surface area contributed by atoms with E-state index >= 15 is 0 Å². The summed E-state index contributed by atoms with van der Waals surface area (Å²) in [4.78, 5) is 12.2. The first kappa shape index (κ1) is 13.4. The fraction of sp³-hybridized carbons (Fsp3) is 0.133. The molecule has 2 aromatic rings. The first-order valence-electron chi connectivity index (χ1n) is 5.82. The Bertz CT molecular complexity index is 594. The molecular weight excluding hydrogens is 262 g/mol. The van der Waals surface area contributed by atoms with E-state index in [1.807, 2.05) is 19.1 Å². The van der Waals surface area contributed by atoms with Gasteiger partial charge in [-0.1, -0.05) is 23.7 Å². The minimum atomic E-state index is -0.206. The molecule has 1 N–H and O–H groups in total. The molecule has 19 heavy (non-hydrogen) atoms. The van der Waals surface area contributed by atoms with Crippen LogP contribution in [0.25, 0.3) is 0 Å². The van der Waals surface area contributed by atoms with Gasteiger partial charge in [0.15, 0.2) is 0 Å². The molecule has 0 aliphatic rings. The van der Waals surface area contributed by atoms with Gasteiger partial charge in [0, 0.05) is 10.7 Å². The van der Waals surface area contributed by atoms with Crippen LogP contribution in [-0.2, 0) is 0 Å². The first-order valence-corrected chi connectivity index (χ1v) is 6.20. The van der Waals surface area contributed by atoms with Gasteiger partial charge in [0.05, 0.1) is 12.7 Å². The summed E-state index contributed by atoms with van der Waals surface area (Å²) < 4.78 is 5.27. The number of carbonyl (C=O) groups is 1. The van der Waals surface area contributed by atoms with E-state index in [1.54, 1.807) is 37.4 Å². The highest BCUT2D eigenvalue weighted by Gasteiger charge is 2.13. The Morgan fingerprint density at radius 1 is 1.16 bits per heavy atom. The second kappa shape index (κ2) is 5.76. The fourth-order valence-corrected chi connectivity index (χ4v) is 1.96. The number of benzene rings is 2. The maximum absolute atomic E-state index is 12.2. The molecule has 0 aliphatic carbocycles. The van der Waals surface area contributed by atoms with Crippen molar-refractivity contribution in [1.29, 1.82) is 0 Å². The largest absolute Gasteiger partial charge is 0.496 e. The molecular formula is C15H14ClNO2. The van der Waals surface area contributed by atoms with Gasteiger partial charge in [-0.05, 0) is 42.8 Å². The second-order valence-corrected chi connectivity index (χ2v) is 4.55. The highest BCUT2D eigenvalue weighted by molar-refractivity contribution is 6.30. The van der Waals surface area contributed by atoms with E-state index in [9.17, 15) is 4.79 Å². The van der Waals surface area contributed by atoms with Gasteiger partial charge in [-0.2, -0.15) is 0 Å². The van der Waals surface area contributed by atoms with E-state index < -0.39 is 0 Å². The molecule has 0 saturated heterocycles. The number of aryl methyl sites for hydroxylation is 1. The third-order valence-electron chi connectivity index (χ3n) is 2.76. The zero-order chi connectivity index (χ0) is 13.8. The number of anilines is 1. The number of nitrogens with one attached hydrogen (secondary N) is 1. The first-order chi connectivity index (χ1) is 9.11. The van der Waals surface area contributed by atoms with Crippen molar-refractivity contribution in [3.8, 4) is 5.75 Å². The van der Waals surface area contributed by atoms with E-state index in [0.29, 0.717) is 22.0 Å². The monoisotopic (exact) mass is 275 g/mol. The smallest absolute Gasteiger partial charge is 0.259 e. The Kier molecular flexibility index (Phi) is 4.07. The Morgan fingerprint density at radius 3 is 2.47 bits per heavy atom. The standard InChI is InChI=1S/C15H14ClNO2/c1-10-4-3-5-13(14(10)19-2)15(18)17-12-8-6-11(16)7-9-12/h3-9H,1-2H3,(H,17,18). The van der Waals surface area contributed by atoms with Crippen LogP contribution < -0.4 is 10.1 Å². The maximum Gasteiger partial charge on any atom is 0.259 e. The maximum atomic E-state index is 12.2. The zero-order valence-corrected chi connectivity index (χ0v) is 11.5. The summed E-state index contributed by atoms with van der Waals surface area (Å²) in [6, 6.07) is 12.4. The fourth-order valence-electron chi connectivity index (χ4n) is 1.83.